The summed E-state index contributed by atoms with van der Waals surface area (Å²) in [7, 11) is 0. The first-order chi connectivity index (χ1) is 11.8. The fraction of sp³-hybridized carbons (Fsp3) is 0.478. The second kappa shape index (κ2) is 8.05. The molecule has 0 bridgehead atoms. The Hall–Kier alpha value is -1.80. The minimum Gasteiger partial charge on any atom is -0.494 e. The molecule has 2 aromatic carbocycles. The lowest BCUT2D eigenvalue weighted by atomic mass is 9.85. The van der Waals surface area contributed by atoms with Crippen molar-refractivity contribution in [3.8, 4) is 5.75 Å². The predicted molar refractivity (Wildman–Crippen MR) is 108 cm³/mol. The van der Waals surface area contributed by atoms with Gasteiger partial charge >= 0.3 is 0 Å². The zero-order valence-corrected chi connectivity index (χ0v) is 16.6. The molecular formula is C23H33NO. The molecule has 2 heteroatoms. The van der Waals surface area contributed by atoms with Crippen LogP contribution in [-0.4, -0.2) is 13.2 Å². The molecule has 0 saturated heterocycles. The lowest BCUT2D eigenvalue weighted by molar-refractivity contribution is 0.333. The summed E-state index contributed by atoms with van der Waals surface area (Å²) in [5, 5.41) is 0. The van der Waals surface area contributed by atoms with E-state index in [4.69, 9.17) is 10.5 Å². The Morgan fingerprint density at radius 1 is 1.00 bits per heavy atom. The molecule has 0 aliphatic carbocycles. The Kier molecular flexibility index (Phi) is 6.29. The molecule has 25 heavy (non-hydrogen) atoms. The maximum absolute atomic E-state index is 6.15. The third kappa shape index (κ3) is 4.85. The quantitative estimate of drug-likeness (QED) is 0.776. The van der Waals surface area contributed by atoms with Crippen LogP contribution in [0.5, 0.6) is 5.75 Å². The zero-order valence-electron chi connectivity index (χ0n) is 16.6. The first-order valence-corrected chi connectivity index (χ1v) is 9.29. The summed E-state index contributed by atoms with van der Waals surface area (Å²) in [6.45, 7) is 14.3. The monoisotopic (exact) mass is 339 g/mol. The average Bonchev–Trinajstić information content (AvgIpc) is 2.56. The SMILES string of the molecule is CCOc1cc(C)c(C)cc1C(CN)Cc1ccc(C(C)(C)C)cc1. The van der Waals surface area contributed by atoms with Crippen molar-refractivity contribution in [1.29, 1.82) is 0 Å². The second-order valence-electron chi connectivity index (χ2n) is 7.99. The first kappa shape index (κ1) is 19.5. The van der Waals surface area contributed by atoms with E-state index in [0.717, 1.165) is 12.2 Å². The Labute approximate surface area is 153 Å². The topological polar surface area (TPSA) is 35.2 Å². The van der Waals surface area contributed by atoms with Gasteiger partial charge in [0.15, 0.2) is 0 Å². The van der Waals surface area contributed by atoms with Gasteiger partial charge in [-0.25, -0.2) is 0 Å². The zero-order chi connectivity index (χ0) is 18.6. The Bertz CT molecular complexity index is 695. The number of benzene rings is 2. The van der Waals surface area contributed by atoms with Crippen molar-refractivity contribution in [2.45, 2.75) is 59.3 Å². The number of hydrogen-bond donors (Lipinski definition) is 1. The Balaban J connectivity index is 2.29. The van der Waals surface area contributed by atoms with Crippen LogP contribution in [-0.2, 0) is 11.8 Å². The highest BCUT2D eigenvalue weighted by atomic mass is 16.5. The fourth-order valence-corrected chi connectivity index (χ4v) is 3.16. The standard InChI is InChI=1S/C23H33NO/c1-7-25-22-13-17(3)16(2)12-21(22)19(15-24)14-18-8-10-20(11-9-18)23(4,5)6/h8-13,19H,7,14-15,24H2,1-6H3. The molecule has 0 amide bonds. The molecule has 1 atom stereocenters. The van der Waals surface area contributed by atoms with Gasteiger partial charge in [-0.15, -0.1) is 0 Å². The van der Waals surface area contributed by atoms with Crippen LogP contribution in [0.4, 0.5) is 0 Å². The smallest absolute Gasteiger partial charge is 0.123 e. The van der Waals surface area contributed by atoms with Crippen molar-refractivity contribution in [2.75, 3.05) is 13.2 Å². The molecule has 0 saturated carbocycles. The molecule has 2 nitrogen and oxygen atoms in total. The number of ether oxygens (including phenoxy) is 1. The number of rotatable bonds is 6. The molecule has 0 aliphatic heterocycles. The third-order valence-corrected chi connectivity index (χ3v) is 4.95. The van der Waals surface area contributed by atoms with E-state index < -0.39 is 0 Å². The molecule has 0 radical (unpaired) electrons. The van der Waals surface area contributed by atoms with Gasteiger partial charge in [0, 0.05) is 5.92 Å². The van der Waals surface area contributed by atoms with E-state index in [-0.39, 0.29) is 11.3 Å². The van der Waals surface area contributed by atoms with E-state index in [1.165, 1.54) is 27.8 Å². The van der Waals surface area contributed by atoms with Gasteiger partial charge in [-0.05, 0) is 73.0 Å². The highest BCUT2D eigenvalue weighted by Crippen LogP contribution is 2.32. The molecule has 0 aliphatic rings. The van der Waals surface area contributed by atoms with E-state index >= 15 is 0 Å². The van der Waals surface area contributed by atoms with Crippen LogP contribution in [0.2, 0.25) is 0 Å². The molecule has 2 rings (SSSR count). The highest BCUT2D eigenvalue weighted by molar-refractivity contribution is 5.44. The lowest BCUT2D eigenvalue weighted by Crippen LogP contribution is -2.17. The molecular weight excluding hydrogens is 306 g/mol. The van der Waals surface area contributed by atoms with Gasteiger partial charge in [-0.3, -0.25) is 0 Å². The first-order valence-electron chi connectivity index (χ1n) is 9.29. The molecule has 0 heterocycles. The van der Waals surface area contributed by atoms with Crippen LogP contribution in [0, 0.1) is 13.8 Å². The van der Waals surface area contributed by atoms with Crippen molar-refractivity contribution >= 4 is 0 Å². The molecule has 0 spiro atoms. The summed E-state index contributed by atoms with van der Waals surface area (Å²) in [6, 6.07) is 13.4. The van der Waals surface area contributed by atoms with E-state index in [0.29, 0.717) is 13.2 Å². The van der Waals surface area contributed by atoms with Crippen molar-refractivity contribution in [3.63, 3.8) is 0 Å². The number of nitrogens with two attached hydrogens (primary N) is 1. The van der Waals surface area contributed by atoms with Crippen molar-refractivity contribution in [1.82, 2.24) is 0 Å². The number of hydrogen-bond acceptors (Lipinski definition) is 2. The molecule has 0 aromatic heterocycles. The summed E-state index contributed by atoms with van der Waals surface area (Å²) >= 11 is 0. The van der Waals surface area contributed by atoms with E-state index in [1.54, 1.807) is 0 Å². The van der Waals surface area contributed by atoms with Crippen molar-refractivity contribution in [3.05, 3.63) is 64.2 Å². The van der Waals surface area contributed by atoms with Gasteiger partial charge in [-0.2, -0.15) is 0 Å². The minimum absolute atomic E-state index is 0.183. The maximum atomic E-state index is 6.15. The normalized spacial score (nSPS) is 12.9. The molecule has 2 N–H and O–H groups in total. The molecule has 1 unspecified atom stereocenters. The van der Waals surface area contributed by atoms with Crippen LogP contribution in [0.25, 0.3) is 0 Å². The van der Waals surface area contributed by atoms with Gasteiger partial charge in [-0.1, -0.05) is 51.1 Å². The van der Waals surface area contributed by atoms with Crippen LogP contribution in [0.15, 0.2) is 36.4 Å². The van der Waals surface area contributed by atoms with Crippen molar-refractivity contribution in [2.24, 2.45) is 5.73 Å². The van der Waals surface area contributed by atoms with E-state index in [9.17, 15) is 0 Å². The predicted octanol–water partition coefficient (Wildman–Crippen LogP) is 5.28. The van der Waals surface area contributed by atoms with Gasteiger partial charge in [0.2, 0.25) is 0 Å². The summed E-state index contributed by atoms with van der Waals surface area (Å²) in [6.07, 6.45) is 0.934. The Morgan fingerprint density at radius 2 is 1.60 bits per heavy atom. The van der Waals surface area contributed by atoms with Crippen molar-refractivity contribution < 1.29 is 4.74 Å². The summed E-state index contributed by atoms with van der Waals surface area (Å²) in [5.74, 6) is 1.24. The summed E-state index contributed by atoms with van der Waals surface area (Å²) < 4.78 is 5.90. The van der Waals surface area contributed by atoms with E-state index in [2.05, 4.69) is 71.0 Å². The van der Waals surface area contributed by atoms with Gasteiger partial charge in [0.25, 0.3) is 0 Å². The number of aryl methyl sites for hydroxylation is 2. The van der Waals surface area contributed by atoms with Gasteiger partial charge < -0.3 is 10.5 Å². The van der Waals surface area contributed by atoms with Crippen LogP contribution < -0.4 is 10.5 Å². The summed E-state index contributed by atoms with van der Waals surface area (Å²) in [5.41, 5.74) is 12.8. The average molecular weight is 340 g/mol. The Morgan fingerprint density at radius 3 is 2.12 bits per heavy atom. The maximum Gasteiger partial charge on any atom is 0.123 e. The largest absolute Gasteiger partial charge is 0.494 e. The fourth-order valence-electron chi connectivity index (χ4n) is 3.16. The van der Waals surface area contributed by atoms with Gasteiger partial charge in [0.1, 0.15) is 5.75 Å². The second-order valence-corrected chi connectivity index (χ2v) is 7.99. The molecule has 0 fully saturated rings. The molecule has 136 valence electrons. The van der Waals surface area contributed by atoms with Gasteiger partial charge in [0.05, 0.1) is 6.61 Å². The van der Waals surface area contributed by atoms with Crippen LogP contribution >= 0.6 is 0 Å². The van der Waals surface area contributed by atoms with Crippen LogP contribution in [0.3, 0.4) is 0 Å². The van der Waals surface area contributed by atoms with Crippen LogP contribution in [0.1, 0.15) is 61.4 Å². The third-order valence-electron chi connectivity index (χ3n) is 4.95. The molecule has 2 aromatic rings. The summed E-state index contributed by atoms with van der Waals surface area (Å²) in [4.78, 5) is 0. The highest BCUT2D eigenvalue weighted by Gasteiger charge is 2.18. The lowest BCUT2D eigenvalue weighted by Gasteiger charge is -2.22. The minimum atomic E-state index is 0.183. The van der Waals surface area contributed by atoms with E-state index in [1.807, 2.05) is 6.92 Å².